The summed E-state index contributed by atoms with van der Waals surface area (Å²) < 4.78 is 5.72. The standard InChI is InChI=1S/C22H23N3O4/c26-21(27)20-17-9-10-25(11-19(17)23-24-20)22(28)29-12-18-15-7-3-1-5-13(15)14-6-2-4-8-16(14)18/h1-8,17-20,23-24H,9-12H2,(H,26,27). The summed E-state index contributed by atoms with van der Waals surface area (Å²) in [7, 11) is 0. The van der Waals surface area contributed by atoms with E-state index in [-0.39, 0.29) is 24.0 Å². The number of aliphatic carboxylic acids is 1. The normalized spacial score (nSPS) is 25.2. The molecule has 0 aromatic heterocycles. The number of benzene rings is 2. The minimum atomic E-state index is -0.861. The van der Waals surface area contributed by atoms with Gasteiger partial charge in [0.25, 0.3) is 0 Å². The highest BCUT2D eigenvalue weighted by atomic mass is 16.6. The van der Waals surface area contributed by atoms with Gasteiger partial charge < -0.3 is 14.7 Å². The van der Waals surface area contributed by atoms with Gasteiger partial charge in [0.15, 0.2) is 0 Å². The van der Waals surface area contributed by atoms with Gasteiger partial charge in [-0.15, -0.1) is 0 Å². The Balaban J connectivity index is 1.26. The number of piperidine rings is 1. The lowest BCUT2D eigenvalue weighted by Crippen LogP contribution is -2.50. The zero-order chi connectivity index (χ0) is 20.0. The van der Waals surface area contributed by atoms with Crippen LogP contribution in [0.1, 0.15) is 23.5 Å². The molecule has 7 heteroatoms. The molecular formula is C22H23N3O4. The topological polar surface area (TPSA) is 90.9 Å². The van der Waals surface area contributed by atoms with Gasteiger partial charge in [-0.1, -0.05) is 48.5 Å². The van der Waals surface area contributed by atoms with Gasteiger partial charge in [0, 0.05) is 31.0 Å². The average Bonchev–Trinajstić information content (AvgIpc) is 3.31. The summed E-state index contributed by atoms with van der Waals surface area (Å²) in [6, 6.07) is 15.8. The number of nitrogens with zero attached hydrogens (tertiary/aromatic N) is 1. The molecule has 1 amide bonds. The number of ether oxygens (including phenoxy) is 1. The fourth-order valence-electron chi connectivity index (χ4n) is 4.92. The number of carboxylic acids is 1. The lowest BCUT2D eigenvalue weighted by atomic mass is 9.88. The molecule has 0 saturated carbocycles. The molecule has 3 atom stereocenters. The van der Waals surface area contributed by atoms with Gasteiger partial charge in [0.2, 0.25) is 0 Å². The Kier molecular flexibility index (Phi) is 4.49. The first kappa shape index (κ1) is 18.1. The molecule has 2 aromatic carbocycles. The number of amides is 1. The molecule has 2 fully saturated rings. The summed E-state index contributed by atoms with van der Waals surface area (Å²) in [5, 5.41) is 9.29. The third kappa shape index (κ3) is 3.07. The molecule has 5 rings (SSSR count). The van der Waals surface area contributed by atoms with E-state index in [0.29, 0.717) is 26.1 Å². The second kappa shape index (κ2) is 7.17. The Labute approximate surface area is 168 Å². The van der Waals surface area contributed by atoms with Gasteiger partial charge >= 0.3 is 12.1 Å². The van der Waals surface area contributed by atoms with Crippen LogP contribution in [-0.2, 0) is 9.53 Å². The fourth-order valence-corrected chi connectivity index (χ4v) is 4.92. The summed E-state index contributed by atoms with van der Waals surface area (Å²) in [6.07, 6.45) is 0.289. The summed E-state index contributed by atoms with van der Waals surface area (Å²) in [5.41, 5.74) is 10.6. The van der Waals surface area contributed by atoms with Crippen LogP contribution in [0, 0.1) is 5.92 Å². The van der Waals surface area contributed by atoms with Gasteiger partial charge in [0.1, 0.15) is 12.6 Å². The molecule has 1 aliphatic carbocycles. The van der Waals surface area contributed by atoms with E-state index in [1.807, 2.05) is 24.3 Å². The van der Waals surface area contributed by atoms with Crippen molar-refractivity contribution < 1.29 is 19.4 Å². The van der Waals surface area contributed by atoms with E-state index in [1.165, 1.54) is 22.3 Å². The van der Waals surface area contributed by atoms with E-state index in [0.717, 1.165) is 0 Å². The van der Waals surface area contributed by atoms with Crippen LogP contribution < -0.4 is 10.9 Å². The number of rotatable bonds is 3. The molecule has 29 heavy (non-hydrogen) atoms. The molecule has 0 bridgehead atoms. The van der Waals surface area contributed by atoms with Gasteiger partial charge in [-0.05, 0) is 28.7 Å². The van der Waals surface area contributed by atoms with Crippen molar-refractivity contribution in [3.05, 3.63) is 59.7 Å². The first-order valence-corrected chi connectivity index (χ1v) is 9.97. The number of fused-ring (bicyclic) bond motifs is 4. The molecule has 3 unspecified atom stereocenters. The van der Waals surface area contributed by atoms with Crippen molar-refractivity contribution in [2.75, 3.05) is 19.7 Å². The van der Waals surface area contributed by atoms with Crippen molar-refractivity contribution in [2.45, 2.75) is 24.4 Å². The molecule has 150 valence electrons. The number of carbonyl (C=O) groups is 2. The summed E-state index contributed by atoms with van der Waals surface area (Å²) in [5.74, 6) is -0.851. The van der Waals surface area contributed by atoms with Crippen molar-refractivity contribution in [3.8, 4) is 11.1 Å². The van der Waals surface area contributed by atoms with Crippen LogP contribution in [-0.4, -0.2) is 53.8 Å². The summed E-state index contributed by atoms with van der Waals surface area (Å²) >= 11 is 0. The molecule has 2 saturated heterocycles. The van der Waals surface area contributed by atoms with Gasteiger partial charge in [0.05, 0.1) is 0 Å². The quantitative estimate of drug-likeness (QED) is 0.741. The minimum absolute atomic E-state index is 0.0230. The SMILES string of the molecule is O=C(O)C1NNC2CN(C(=O)OCC3c4ccccc4-c4ccccc43)CCC21. The molecule has 3 aliphatic rings. The maximum Gasteiger partial charge on any atom is 0.409 e. The Bertz CT molecular complexity index is 917. The number of carboxylic acid groups (broad SMARTS) is 1. The highest BCUT2D eigenvalue weighted by molar-refractivity contribution is 5.79. The fraction of sp³-hybridized carbons (Fsp3) is 0.364. The Morgan fingerprint density at radius 2 is 1.69 bits per heavy atom. The molecule has 3 N–H and O–H groups in total. The van der Waals surface area contributed by atoms with Crippen molar-refractivity contribution in [1.29, 1.82) is 0 Å². The second-order valence-corrected chi connectivity index (χ2v) is 7.91. The second-order valence-electron chi connectivity index (χ2n) is 7.91. The van der Waals surface area contributed by atoms with E-state index in [2.05, 4.69) is 35.1 Å². The van der Waals surface area contributed by atoms with Crippen molar-refractivity contribution in [1.82, 2.24) is 15.8 Å². The van der Waals surface area contributed by atoms with Crippen LogP contribution in [0.4, 0.5) is 4.79 Å². The molecular weight excluding hydrogens is 370 g/mol. The maximum absolute atomic E-state index is 12.7. The highest BCUT2D eigenvalue weighted by Gasteiger charge is 2.44. The van der Waals surface area contributed by atoms with Crippen LogP contribution in [0.5, 0.6) is 0 Å². The first-order valence-electron chi connectivity index (χ1n) is 9.97. The minimum Gasteiger partial charge on any atom is -0.480 e. The van der Waals surface area contributed by atoms with Crippen molar-refractivity contribution in [3.63, 3.8) is 0 Å². The lowest BCUT2D eigenvalue weighted by molar-refractivity contribution is -0.140. The van der Waals surface area contributed by atoms with Crippen molar-refractivity contribution >= 4 is 12.1 Å². The largest absolute Gasteiger partial charge is 0.480 e. The number of hydrogen-bond acceptors (Lipinski definition) is 5. The van der Waals surface area contributed by atoms with E-state index < -0.39 is 12.0 Å². The Hall–Kier alpha value is -2.90. The number of hydrazine groups is 1. The smallest absolute Gasteiger partial charge is 0.409 e. The molecule has 0 radical (unpaired) electrons. The molecule has 7 nitrogen and oxygen atoms in total. The molecule has 2 aliphatic heterocycles. The van der Waals surface area contributed by atoms with E-state index in [9.17, 15) is 14.7 Å². The van der Waals surface area contributed by atoms with E-state index in [1.54, 1.807) is 4.90 Å². The van der Waals surface area contributed by atoms with Gasteiger partial charge in [-0.2, -0.15) is 0 Å². The van der Waals surface area contributed by atoms with Crippen LogP contribution >= 0.6 is 0 Å². The van der Waals surface area contributed by atoms with Crippen LogP contribution in [0.15, 0.2) is 48.5 Å². The number of hydrogen-bond donors (Lipinski definition) is 3. The van der Waals surface area contributed by atoms with Crippen molar-refractivity contribution in [2.24, 2.45) is 5.92 Å². The predicted molar refractivity (Wildman–Crippen MR) is 106 cm³/mol. The van der Waals surface area contributed by atoms with Gasteiger partial charge in [-0.25, -0.2) is 10.2 Å². The van der Waals surface area contributed by atoms with Gasteiger partial charge in [-0.3, -0.25) is 10.2 Å². The van der Waals surface area contributed by atoms with Crippen LogP contribution in [0.2, 0.25) is 0 Å². The Morgan fingerprint density at radius 3 is 2.34 bits per heavy atom. The summed E-state index contributed by atoms with van der Waals surface area (Å²) in [6.45, 7) is 1.24. The molecule has 2 heterocycles. The third-order valence-electron chi connectivity index (χ3n) is 6.38. The maximum atomic E-state index is 12.7. The zero-order valence-electron chi connectivity index (χ0n) is 15.9. The third-order valence-corrected chi connectivity index (χ3v) is 6.38. The first-order chi connectivity index (χ1) is 14.1. The molecule has 0 spiro atoms. The lowest BCUT2D eigenvalue weighted by Gasteiger charge is -2.34. The average molecular weight is 393 g/mol. The Morgan fingerprint density at radius 1 is 1.03 bits per heavy atom. The number of carbonyl (C=O) groups excluding carboxylic acids is 1. The van der Waals surface area contributed by atoms with E-state index in [4.69, 9.17) is 4.74 Å². The number of likely N-dealkylation sites (tertiary alicyclic amines) is 1. The van der Waals surface area contributed by atoms with E-state index >= 15 is 0 Å². The monoisotopic (exact) mass is 393 g/mol. The number of nitrogens with one attached hydrogen (secondary N) is 2. The highest BCUT2D eigenvalue weighted by Crippen LogP contribution is 2.44. The predicted octanol–water partition coefficient (Wildman–Crippen LogP) is 2.19. The molecule has 2 aromatic rings. The van der Waals surface area contributed by atoms with Crippen LogP contribution in [0.3, 0.4) is 0 Å². The van der Waals surface area contributed by atoms with Crippen LogP contribution in [0.25, 0.3) is 11.1 Å². The zero-order valence-corrected chi connectivity index (χ0v) is 15.9. The summed E-state index contributed by atoms with van der Waals surface area (Å²) in [4.78, 5) is 25.7.